The van der Waals surface area contributed by atoms with E-state index in [1.54, 1.807) is 6.20 Å². The fourth-order valence-electron chi connectivity index (χ4n) is 2.09. The molecule has 4 nitrogen and oxygen atoms in total. The van der Waals surface area contributed by atoms with Gasteiger partial charge < -0.3 is 15.2 Å². The van der Waals surface area contributed by atoms with Gasteiger partial charge in [-0.15, -0.1) is 0 Å². The molecule has 0 radical (unpaired) electrons. The van der Waals surface area contributed by atoms with E-state index >= 15 is 0 Å². The second kappa shape index (κ2) is 5.38. The third kappa shape index (κ3) is 2.75. The van der Waals surface area contributed by atoms with E-state index in [1.165, 1.54) is 0 Å². The van der Waals surface area contributed by atoms with Crippen molar-refractivity contribution in [3.05, 3.63) is 48.2 Å². The van der Waals surface area contributed by atoms with E-state index in [9.17, 15) is 0 Å². The van der Waals surface area contributed by atoms with Crippen LogP contribution in [0.4, 0.5) is 5.69 Å². The van der Waals surface area contributed by atoms with Crippen molar-refractivity contribution >= 4 is 5.69 Å². The first-order chi connectivity index (χ1) is 9.33. The summed E-state index contributed by atoms with van der Waals surface area (Å²) in [7, 11) is 0. The Bertz CT molecular complexity index is 548. The molecule has 0 unspecified atom stereocenters. The molecule has 0 spiro atoms. The number of rotatable bonds is 2. The standard InChI is InChI=1S/C15H16N2O2/c16-13-4-1-3-11(9-13)14-6-5-12(10-17-14)15-18-7-2-8-19-15/h1,3-6,9-10,15H,2,7-8,16H2. The molecule has 2 aromatic rings. The van der Waals surface area contributed by atoms with Gasteiger partial charge in [0.05, 0.1) is 18.9 Å². The number of benzene rings is 1. The summed E-state index contributed by atoms with van der Waals surface area (Å²) in [5.41, 5.74) is 9.37. The van der Waals surface area contributed by atoms with Gasteiger partial charge in [0.2, 0.25) is 0 Å². The summed E-state index contributed by atoms with van der Waals surface area (Å²) in [5.74, 6) is 0. The van der Waals surface area contributed by atoms with Gasteiger partial charge in [-0.3, -0.25) is 4.98 Å². The average molecular weight is 256 g/mol. The van der Waals surface area contributed by atoms with Crippen LogP contribution in [0.15, 0.2) is 42.6 Å². The van der Waals surface area contributed by atoms with Crippen molar-refractivity contribution in [1.29, 1.82) is 0 Å². The lowest BCUT2D eigenvalue weighted by atomic mass is 10.1. The number of nitrogens with two attached hydrogens (primary N) is 1. The highest BCUT2D eigenvalue weighted by atomic mass is 16.7. The molecular formula is C15H16N2O2. The Hall–Kier alpha value is -1.91. The van der Waals surface area contributed by atoms with Gasteiger partial charge in [-0.1, -0.05) is 18.2 Å². The molecule has 2 heterocycles. The Labute approximate surface area is 112 Å². The van der Waals surface area contributed by atoms with Gasteiger partial charge in [0.15, 0.2) is 6.29 Å². The van der Waals surface area contributed by atoms with E-state index in [0.29, 0.717) is 0 Å². The lowest BCUT2D eigenvalue weighted by Gasteiger charge is -2.23. The normalized spacial score (nSPS) is 16.4. The van der Waals surface area contributed by atoms with Gasteiger partial charge in [0.25, 0.3) is 0 Å². The van der Waals surface area contributed by atoms with Crippen LogP contribution in [0, 0.1) is 0 Å². The fourth-order valence-corrected chi connectivity index (χ4v) is 2.09. The second-order valence-electron chi connectivity index (χ2n) is 4.53. The Kier molecular flexibility index (Phi) is 3.44. The van der Waals surface area contributed by atoms with Crippen LogP contribution in [0.1, 0.15) is 18.3 Å². The van der Waals surface area contributed by atoms with Gasteiger partial charge in [0.1, 0.15) is 0 Å². The van der Waals surface area contributed by atoms with Crippen molar-refractivity contribution in [2.75, 3.05) is 18.9 Å². The highest BCUT2D eigenvalue weighted by Crippen LogP contribution is 2.25. The largest absolute Gasteiger partial charge is 0.399 e. The third-order valence-electron chi connectivity index (χ3n) is 3.07. The maximum Gasteiger partial charge on any atom is 0.185 e. The molecule has 0 amide bonds. The average Bonchev–Trinajstić information content (AvgIpc) is 2.48. The lowest BCUT2D eigenvalue weighted by Crippen LogP contribution is -2.17. The van der Waals surface area contributed by atoms with Crippen molar-refractivity contribution in [1.82, 2.24) is 4.98 Å². The highest BCUT2D eigenvalue weighted by Gasteiger charge is 2.16. The molecule has 1 aliphatic rings. The number of nitrogen functional groups attached to an aromatic ring is 1. The Morgan fingerprint density at radius 3 is 2.63 bits per heavy atom. The molecular weight excluding hydrogens is 240 g/mol. The van der Waals surface area contributed by atoms with E-state index in [-0.39, 0.29) is 6.29 Å². The summed E-state index contributed by atoms with van der Waals surface area (Å²) in [5, 5.41) is 0. The smallest absolute Gasteiger partial charge is 0.185 e. The first-order valence-corrected chi connectivity index (χ1v) is 6.38. The summed E-state index contributed by atoms with van der Waals surface area (Å²) >= 11 is 0. The predicted octanol–water partition coefficient (Wildman–Crippen LogP) is 2.77. The van der Waals surface area contributed by atoms with E-state index in [1.807, 2.05) is 36.4 Å². The molecule has 2 N–H and O–H groups in total. The quantitative estimate of drug-likeness (QED) is 0.839. The van der Waals surface area contributed by atoms with E-state index in [0.717, 1.165) is 42.1 Å². The van der Waals surface area contributed by atoms with Gasteiger partial charge in [0, 0.05) is 23.0 Å². The zero-order chi connectivity index (χ0) is 13.1. The maximum absolute atomic E-state index is 5.77. The van der Waals surface area contributed by atoms with Crippen molar-refractivity contribution < 1.29 is 9.47 Å². The van der Waals surface area contributed by atoms with Crippen molar-refractivity contribution in [2.24, 2.45) is 0 Å². The SMILES string of the molecule is Nc1cccc(-c2ccc(C3OCCCO3)cn2)c1. The van der Waals surface area contributed by atoms with Gasteiger partial charge in [-0.25, -0.2) is 0 Å². The number of hydrogen-bond acceptors (Lipinski definition) is 4. The molecule has 1 saturated heterocycles. The van der Waals surface area contributed by atoms with Crippen LogP contribution in [-0.2, 0) is 9.47 Å². The fraction of sp³-hybridized carbons (Fsp3) is 0.267. The summed E-state index contributed by atoms with van der Waals surface area (Å²) in [6.45, 7) is 1.48. The zero-order valence-corrected chi connectivity index (χ0v) is 10.6. The van der Waals surface area contributed by atoms with Crippen LogP contribution in [0.25, 0.3) is 11.3 Å². The number of hydrogen-bond donors (Lipinski definition) is 1. The van der Waals surface area contributed by atoms with Gasteiger partial charge in [-0.2, -0.15) is 0 Å². The molecule has 0 atom stereocenters. The first kappa shape index (κ1) is 12.1. The molecule has 1 aromatic heterocycles. The van der Waals surface area contributed by atoms with Crippen LogP contribution < -0.4 is 5.73 Å². The Morgan fingerprint density at radius 2 is 1.95 bits per heavy atom. The van der Waals surface area contributed by atoms with Crippen molar-refractivity contribution in [3.8, 4) is 11.3 Å². The van der Waals surface area contributed by atoms with E-state index < -0.39 is 0 Å². The minimum atomic E-state index is -0.281. The summed E-state index contributed by atoms with van der Waals surface area (Å²) in [6, 6.07) is 11.6. The van der Waals surface area contributed by atoms with Crippen LogP contribution in [0.5, 0.6) is 0 Å². The number of nitrogens with zero attached hydrogens (tertiary/aromatic N) is 1. The van der Waals surface area contributed by atoms with Crippen LogP contribution in [0.3, 0.4) is 0 Å². The number of anilines is 1. The monoisotopic (exact) mass is 256 g/mol. The predicted molar refractivity (Wildman–Crippen MR) is 73.3 cm³/mol. The maximum atomic E-state index is 5.77. The van der Waals surface area contributed by atoms with Crippen LogP contribution in [0.2, 0.25) is 0 Å². The molecule has 0 bridgehead atoms. The number of pyridine rings is 1. The molecule has 1 aliphatic heterocycles. The molecule has 98 valence electrons. The number of aromatic nitrogens is 1. The second-order valence-corrected chi connectivity index (χ2v) is 4.53. The molecule has 1 aromatic carbocycles. The topological polar surface area (TPSA) is 57.4 Å². The van der Waals surface area contributed by atoms with E-state index in [2.05, 4.69) is 4.98 Å². The molecule has 3 rings (SSSR count). The molecule has 1 fully saturated rings. The number of ether oxygens (including phenoxy) is 2. The Balaban J connectivity index is 1.82. The van der Waals surface area contributed by atoms with E-state index in [4.69, 9.17) is 15.2 Å². The minimum Gasteiger partial charge on any atom is -0.399 e. The summed E-state index contributed by atoms with van der Waals surface area (Å²) in [4.78, 5) is 4.45. The first-order valence-electron chi connectivity index (χ1n) is 6.38. The van der Waals surface area contributed by atoms with Crippen molar-refractivity contribution in [3.63, 3.8) is 0 Å². The lowest BCUT2D eigenvalue weighted by molar-refractivity contribution is -0.183. The summed E-state index contributed by atoms with van der Waals surface area (Å²) in [6.07, 6.45) is 2.47. The molecule has 0 aliphatic carbocycles. The summed E-state index contributed by atoms with van der Waals surface area (Å²) < 4.78 is 11.1. The van der Waals surface area contributed by atoms with Crippen molar-refractivity contribution in [2.45, 2.75) is 12.7 Å². The molecule has 19 heavy (non-hydrogen) atoms. The molecule has 0 saturated carbocycles. The Morgan fingerprint density at radius 1 is 1.11 bits per heavy atom. The van der Waals surface area contributed by atoms with Crippen LogP contribution in [-0.4, -0.2) is 18.2 Å². The highest BCUT2D eigenvalue weighted by molar-refractivity contribution is 5.63. The zero-order valence-electron chi connectivity index (χ0n) is 10.6. The molecule has 4 heteroatoms. The third-order valence-corrected chi connectivity index (χ3v) is 3.07. The van der Waals surface area contributed by atoms with Gasteiger partial charge in [-0.05, 0) is 24.6 Å². The minimum absolute atomic E-state index is 0.281. The van der Waals surface area contributed by atoms with Gasteiger partial charge >= 0.3 is 0 Å². The van der Waals surface area contributed by atoms with Crippen LogP contribution >= 0.6 is 0 Å².